The molecule has 0 N–H and O–H groups in total. The molecule has 0 bridgehead atoms. The molecule has 2 rings (SSSR count). The molecule has 1 aliphatic rings. The fraction of sp³-hybridized carbons (Fsp3) is 0.500. The molecular weight excluding hydrogens is 196 g/mol. The third-order valence-corrected chi connectivity index (χ3v) is 3.69. The highest BCUT2D eigenvalue weighted by Gasteiger charge is 2.24. The SMILES string of the molecule is CC(=O)c1scc2c1N(C)CCN2C. The zero-order valence-corrected chi connectivity index (χ0v) is 9.52. The predicted molar refractivity (Wildman–Crippen MR) is 60.9 cm³/mol. The van der Waals surface area contributed by atoms with Gasteiger partial charge in [-0.3, -0.25) is 4.79 Å². The number of ketones is 1. The van der Waals surface area contributed by atoms with Crippen LogP contribution >= 0.6 is 11.3 Å². The van der Waals surface area contributed by atoms with Gasteiger partial charge < -0.3 is 9.80 Å². The van der Waals surface area contributed by atoms with Crippen molar-refractivity contribution in [2.75, 3.05) is 37.0 Å². The Bertz CT molecular complexity index is 372. The lowest BCUT2D eigenvalue weighted by Gasteiger charge is -2.32. The smallest absolute Gasteiger partial charge is 0.171 e. The summed E-state index contributed by atoms with van der Waals surface area (Å²) in [5, 5.41) is 2.07. The maximum absolute atomic E-state index is 11.4. The Morgan fingerprint density at radius 2 is 2.00 bits per heavy atom. The molecule has 0 aromatic carbocycles. The third kappa shape index (κ3) is 1.30. The molecule has 0 unspecified atom stereocenters. The first-order chi connectivity index (χ1) is 6.61. The summed E-state index contributed by atoms with van der Waals surface area (Å²) in [6, 6.07) is 0. The lowest BCUT2D eigenvalue weighted by Crippen LogP contribution is -2.36. The second kappa shape index (κ2) is 3.28. The van der Waals surface area contributed by atoms with Crippen LogP contribution in [0.5, 0.6) is 0 Å². The van der Waals surface area contributed by atoms with E-state index >= 15 is 0 Å². The fourth-order valence-corrected chi connectivity index (χ4v) is 2.82. The summed E-state index contributed by atoms with van der Waals surface area (Å²) in [4.78, 5) is 16.7. The second-order valence-electron chi connectivity index (χ2n) is 3.70. The first-order valence-corrected chi connectivity index (χ1v) is 5.54. The monoisotopic (exact) mass is 210 g/mol. The van der Waals surface area contributed by atoms with E-state index in [1.807, 2.05) is 7.05 Å². The summed E-state index contributed by atoms with van der Waals surface area (Å²) >= 11 is 1.55. The van der Waals surface area contributed by atoms with Crippen LogP contribution < -0.4 is 9.80 Å². The number of rotatable bonds is 1. The highest BCUT2D eigenvalue weighted by molar-refractivity contribution is 7.13. The Hall–Kier alpha value is -1.03. The van der Waals surface area contributed by atoms with Crippen molar-refractivity contribution in [3.63, 3.8) is 0 Å². The average Bonchev–Trinajstić information content (AvgIpc) is 2.56. The van der Waals surface area contributed by atoms with Crippen molar-refractivity contribution in [1.82, 2.24) is 0 Å². The average molecular weight is 210 g/mol. The molecule has 14 heavy (non-hydrogen) atoms. The predicted octanol–water partition coefficient (Wildman–Crippen LogP) is 1.84. The van der Waals surface area contributed by atoms with E-state index in [2.05, 4.69) is 22.2 Å². The number of Topliss-reactive ketones (excluding diaryl/α,β-unsaturated/α-hetero) is 1. The molecular formula is C10H14N2OS. The van der Waals surface area contributed by atoms with Crippen LogP contribution in [0, 0.1) is 0 Å². The van der Waals surface area contributed by atoms with E-state index in [0.717, 1.165) is 23.7 Å². The van der Waals surface area contributed by atoms with E-state index in [1.165, 1.54) is 5.69 Å². The van der Waals surface area contributed by atoms with Crippen molar-refractivity contribution in [2.45, 2.75) is 6.92 Å². The van der Waals surface area contributed by atoms with Gasteiger partial charge in [-0.05, 0) is 0 Å². The van der Waals surface area contributed by atoms with Gasteiger partial charge in [-0.25, -0.2) is 0 Å². The van der Waals surface area contributed by atoms with Gasteiger partial charge in [0.1, 0.15) is 0 Å². The van der Waals surface area contributed by atoms with E-state index in [0.29, 0.717) is 0 Å². The van der Waals surface area contributed by atoms with Gasteiger partial charge in [0, 0.05) is 39.5 Å². The molecule has 2 heterocycles. The van der Waals surface area contributed by atoms with Crippen molar-refractivity contribution in [1.29, 1.82) is 0 Å². The maximum Gasteiger partial charge on any atom is 0.171 e. The highest BCUT2D eigenvalue weighted by Crippen LogP contribution is 2.39. The number of fused-ring (bicyclic) bond motifs is 1. The summed E-state index contributed by atoms with van der Waals surface area (Å²) in [5.74, 6) is 0.165. The molecule has 4 heteroatoms. The number of carbonyl (C=O) groups excluding carboxylic acids is 1. The molecule has 0 atom stereocenters. The quantitative estimate of drug-likeness (QED) is 0.661. The first-order valence-electron chi connectivity index (χ1n) is 4.66. The van der Waals surface area contributed by atoms with Crippen LogP contribution in [0.25, 0.3) is 0 Å². The largest absolute Gasteiger partial charge is 0.370 e. The number of carbonyl (C=O) groups is 1. The summed E-state index contributed by atoms with van der Waals surface area (Å²) in [6.07, 6.45) is 0. The lowest BCUT2D eigenvalue weighted by atomic mass is 10.2. The van der Waals surface area contributed by atoms with E-state index in [1.54, 1.807) is 18.3 Å². The standard InChI is InChI=1S/C10H14N2OS/c1-7(13)10-9-8(6-14-10)11(2)4-5-12(9)3/h6H,4-5H2,1-3H3. The number of hydrogen-bond donors (Lipinski definition) is 0. The van der Waals surface area contributed by atoms with Crippen LogP contribution in [0.2, 0.25) is 0 Å². The van der Waals surface area contributed by atoms with Crippen molar-refractivity contribution in [3.8, 4) is 0 Å². The Morgan fingerprint density at radius 1 is 1.36 bits per heavy atom. The number of nitrogens with zero attached hydrogens (tertiary/aromatic N) is 2. The molecule has 0 amide bonds. The number of thiophene rings is 1. The third-order valence-electron chi connectivity index (χ3n) is 2.63. The molecule has 0 radical (unpaired) electrons. The highest BCUT2D eigenvalue weighted by atomic mass is 32.1. The minimum atomic E-state index is 0.165. The topological polar surface area (TPSA) is 23.6 Å². The Balaban J connectivity index is 2.53. The summed E-state index contributed by atoms with van der Waals surface area (Å²) < 4.78 is 0. The van der Waals surface area contributed by atoms with Gasteiger partial charge in [-0.15, -0.1) is 11.3 Å². The van der Waals surface area contributed by atoms with Gasteiger partial charge in [-0.1, -0.05) is 0 Å². The molecule has 0 spiro atoms. The fourth-order valence-electron chi connectivity index (χ4n) is 1.76. The van der Waals surface area contributed by atoms with Crippen LogP contribution in [-0.2, 0) is 0 Å². The van der Waals surface area contributed by atoms with Gasteiger partial charge in [0.2, 0.25) is 0 Å². The van der Waals surface area contributed by atoms with Crippen LogP contribution in [-0.4, -0.2) is 33.0 Å². The van der Waals surface area contributed by atoms with Crippen molar-refractivity contribution >= 4 is 28.5 Å². The van der Waals surface area contributed by atoms with Crippen LogP contribution in [0.15, 0.2) is 5.38 Å². The lowest BCUT2D eigenvalue weighted by molar-refractivity contribution is 0.102. The van der Waals surface area contributed by atoms with Crippen LogP contribution in [0.4, 0.5) is 11.4 Å². The van der Waals surface area contributed by atoms with Crippen molar-refractivity contribution in [2.24, 2.45) is 0 Å². The van der Waals surface area contributed by atoms with Crippen LogP contribution in [0.3, 0.4) is 0 Å². The molecule has 76 valence electrons. The van der Waals surface area contributed by atoms with E-state index in [-0.39, 0.29) is 5.78 Å². The van der Waals surface area contributed by atoms with Gasteiger partial charge in [0.15, 0.2) is 5.78 Å². The number of likely N-dealkylation sites (N-methyl/N-ethyl adjacent to an activating group) is 2. The van der Waals surface area contributed by atoms with Gasteiger partial charge in [-0.2, -0.15) is 0 Å². The summed E-state index contributed by atoms with van der Waals surface area (Å²) in [6.45, 7) is 3.65. The molecule has 1 aliphatic heterocycles. The summed E-state index contributed by atoms with van der Waals surface area (Å²) in [5.41, 5.74) is 2.30. The zero-order chi connectivity index (χ0) is 10.3. The maximum atomic E-state index is 11.4. The molecule has 0 fully saturated rings. The first kappa shape index (κ1) is 9.52. The van der Waals surface area contributed by atoms with Crippen LogP contribution in [0.1, 0.15) is 16.6 Å². The number of anilines is 2. The van der Waals surface area contributed by atoms with E-state index in [9.17, 15) is 4.79 Å². The Labute approximate surface area is 87.9 Å². The normalized spacial score (nSPS) is 15.6. The molecule has 0 aliphatic carbocycles. The molecule has 0 saturated carbocycles. The minimum absolute atomic E-state index is 0.165. The van der Waals surface area contributed by atoms with Crippen molar-refractivity contribution < 1.29 is 4.79 Å². The Morgan fingerprint density at radius 3 is 2.64 bits per heavy atom. The minimum Gasteiger partial charge on any atom is -0.370 e. The van der Waals surface area contributed by atoms with Gasteiger partial charge in [0.25, 0.3) is 0 Å². The van der Waals surface area contributed by atoms with E-state index in [4.69, 9.17) is 0 Å². The zero-order valence-electron chi connectivity index (χ0n) is 8.70. The van der Waals surface area contributed by atoms with E-state index < -0.39 is 0 Å². The molecule has 0 saturated heterocycles. The molecule has 1 aromatic rings. The number of hydrogen-bond acceptors (Lipinski definition) is 4. The van der Waals surface area contributed by atoms with Gasteiger partial charge in [0.05, 0.1) is 16.3 Å². The summed E-state index contributed by atoms with van der Waals surface area (Å²) in [7, 11) is 4.12. The molecule has 1 aromatic heterocycles. The van der Waals surface area contributed by atoms with Gasteiger partial charge >= 0.3 is 0 Å². The second-order valence-corrected chi connectivity index (χ2v) is 4.58. The molecule has 3 nitrogen and oxygen atoms in total. The van der Waals surface area contributed by atoms with Crippen molar-refractivity contribution in [3.05, 3.63) is 10.3 Å². The Kier molecular flexibility index (Phi) is 2.23.